The Hall–Kier alpha value is -1.09. The van der Waals surface area contributed by atoms with Gasteiger partial charge < -0.3 is 5.32 Å². The van der Waals surface area contributed by atoms with E-state index in [4.69, 9.17) is 11.6 Å². The molecule has 18 heavy (non-hydrogen) atoms. The van der Waals surface area contributed by atoms with Crippen LogP contribution in [0.4, 0.5) is 0 Å². The molecule has 0 spiro atoms. The van der Waals surface area contributed by atoms with Gasteiger partial charge in [0.25, 0.3) is 5.91 Å². The van der Waals surface area contributed by atoms with Gasteiger partial charge in [0.15, 0.2) is 0 Å². The van der Waals surface area contributed by atoms with Gasteiger partial charge in [0, 0.05) is 16.8 Å². The Morgan fingerprint density at radius 2 is 2.17 bits per heavy atom. The van der Waals surface area contributed by atoms with Crippen LogP contribution in [0.2, 0.25) is 5.15 Å². The van der Waals surface area contributed by atoms with Gasteiger partial charge in [-0.15, -0.1) is 0 Å². The van der Waals surface area contributed by atoms with E-state index in [9.17, 15) is 4.79 Å². The summed E-state index contributed by atoms with van der Waals surface area (Å²) >= 11 is 5.93. The number of pyridine rings is 1. The molecule has 4 heteroatoms. The van der Waals surface area contributed by atoms with Crippen LogP contribution in [0.15, 0.2) is 12.1 Å². The average molecular weight is 267 g/mol. The molecule has 1 saturated carbocycles. The fraction of sp³-hybridized carbons (Fsp3) is 0.571. The lowest BCUT2D eigenvalue weighted by molar-refractivity contribution is 0.0903. The van der Waals surface area contributed by atoms with Gasteiger partial charge in [-0.3, -0.25) is 4.79 Å². The first-order valence-corrected chi connectivity index (χ1v) is 6.79. The van der Waals surface area contributed by atoms with Crippen LogP contribution in [0.1, 0.15) is 49.7 Å². The third-order valence-corrected chi connectivity index (χ3v) is 3.70. The Labute approximate surface area is 113 Å². The Kier molecular flexibility index (Phi) is 3.62. The van der Waals surface area contributed by atoms with Crippen LogP contribution < -0.4 is 5.32 Å². The second-order valence-corrected chi connectivity index (χ2v) is 5.86. The van der Waals surface area contributed by atoms with Crippen LogP contribution in [-0.4, -0.2) is 16.4 Å². The second-order valence-electron chi connectivity index (χ2n) is 5.47. The smallest absolute Gasteiger partial charge is 0.251 e. The van der Waals surface area contributed by atoms with Crippen LogP contribution in [0.5, 0.6) is 0 Å². The molecule has 3 nitrogen and oxygen atoms in total. The molecule has 0 saturated heterocycles. The van der Waals surface area contributed by atoms with Crippen molar-refractivity contribution in [2.45, 2.75) is 45.6 Å². The molecule has 1 fully saturated rings. The highest BCUT2D eigenvalue weighted by Gasteiger charge is 2.38. The number of hydrogen-bond donors (Lipinski definition) is 1. The van der Waals surface area contributed by atoms with E-state index in [-0.39, 0.29) is 11.4 Å². The van der Waals surface area contributed by atoms with Crippen molar-refractivity contribution in [2.75, 3.05) is 0 Å². The fourth-order valence-corrected chi connectivity index (χ4v) is 2.36. The van der Waals surface area contributed by atoms with Gasteiger partial charge >= 0.3 is 0 Å². The van der Waals surface area contributed by atoms with Crippen molar-refractivity contribution in [1.82, 2.24) is 10.3 Å². The predicted molar refractivity (Wildman–Crippen MR) is 72.9 cm³/mol. The highest BCUT2D eigenvalue weighted by molar-refractivity contribution is 6.29. The average Bonchev–Trinajstić information content (AvgIpc) is 3.11. The Bertz CT molecular complexity index is 467. The third-order valence-electron chi connectivity index (χ3n) is 3.51. The molecule has 2 rings (SSSR count). The minimum atomic E-state index is -0.140. The second kappa shape index (κ2) is 4.88. The highest BCUT2D eigenvalue weighted by atomic mass is 35.5. The summed E-state index contributed by atoms with van der Waals surface area (Å²) in [6.07, 6.45) is 3.17. The summed E-state index contributed by atoms with van der Waals surface area (Å²) in [5, 5.41) is 3.47. The summed E-state index contributed by atoms with van der Waals surface area (Å²) in [7, 11) is 0. The zero-order valence-electron chi connectivity index (χ0n) is 11.1. The van der Waals surface area contributed by atoms with E-state index >= 15 is 0 Å². The molecule has 0 radical (unpaired) electrons. The Balaban J connectivity index is 2.15. The maximum Gasteiger partial charge on any atom is 0.251 e. The molecule has 1 heterocycles. The van der Waals surface area contributed by atoms with Crippen LogP contribution in [0.3, 0.4) is 0 Å². The minimum absolute atomic E-state index is 0.0640. The summed E-state index contributed by atoms with van der Waals surface area (Å²) in [6, 6.07) is 3.43. The molecule has 1 aliphatic rings. The lowest BCUT2D eigenvalue weighted by Gasteiger charge is -2.26. The van der Waals surface area contributed by atoms with Gasteiger partial charge in [0.1, 0.15) is 5.15 Å². The van der Waals surface area contributed by atoms with Crippen molar-refractivity contribution < 1.29 is 4.79 Å². The van der Waals surface area contributed by atoms with Crippen LogP contribution >= 0.6 is 11.6 Å². The number of carbonyl (C=O) groups excluding carboxylic acids is 1. The van der Waals surface area contributed by atoms with Crippen molar-refractivity contribution in [2.24, 2.45) is 5.92 Å². The molecular weight excluding hydrogens is 248 g/mol. The van der Waals surface area contributed by atoms with E-state index in [0.717, 1.165) is 12.1 Å². The molecule has 1 aliphatic carbocycles. The first-order valence-electron chi connectivity index (χ1n) is 6.41. The maximum atomic E-state index is 12.2. The molecule has 1 aromatic rings. The van der Waals surface area contributed by atoms with Crippen LogP contribution in [-0.2, 0) is 6.42 Å². The summed E-state index contributed by atoms with van der Waals surface area (Å²) in [5.74, 6) is 0.537. The van der Waals surface area contributed by atoms with Crippen LogP contribution in [0, 0.1) is 5.92 Å². The van der Waals surface area contributed by atoms with Crippen molar-refractivity contribution in [3.05, 3.63) is 28.5 Å². The number of amides is 1. The molecule has 0 unspecified atom stereocenters. The van der Waals surface area contributed by atoms with Gasteiger partial charge in [-0.1, -0.05) is 18.5 Å². The lowest BCUT2D eigenvalue weighted by Crippen LogP contribution is -2.45. The van der Waals surface area contributed by atoms with Crippen molar-refractivity contribution in [1.29, 1.82) is 0 Å². The molecule has 0 atom stereocenters. The summed E-state index contributed by atoms with van der Waals surface area (Å²) in [6.45, 7) is 6.15. The summed E-state index contributed by atoms with van der Waals surface area (Å²) in [4.78, 5) is 16.4. The highest BCUT2D eigenvalue weighted by Crippen LogP contribution is 2.39. The number of aryl methyl sites for hydroxylation is 1. The van der Waals surface area contributed by atoms with E-state index in [0.29, 0.717) is 16.6 Å². The molecule has 0 bridgehead atoms. The number of carbonyl (C=O) groups is 1. The number of nitrogens with zero attached hydrogens (tertiary/aromatic N) is 1. The molecule has 98 valence electrons. The van der Waals surface area contributed by atoms with Gasteiger partial charge in [-0.05, 0) is 51.2 Å². The molecule has 1 amide bonds. The SMILES string of the molecule is CCc1cc(C(=O)NC(C)(C)C2CC2)cc(Cl)n1. The topological polar surface area (TPSA) is 42.0 Å². The summed E-state index contributed by atoms with van der Waals surface area (Å²) in [5.41, 5.74) is 1.30. The first-order chi connectivity index (χ1) is 8.42. The Morgan fingerprint density at radius 1 is 1.50 bits per heavy atom. The first kappa shape index (κ1) is 13.3. The van der Waals surface area contributed by atoms with Gasteiger partial charge in [0.2, 0.25) is 0 Å². The fourth-order valence-electron chi connectivity index (χ4n) is 2.14. The molecule has 0 aromatic carbocycles. The van der Waals surface area contributed by atoms with E-state index in [1.54, 1.807) is 6.07 Å². The van der Waals surface area contributed by atoms with E-state index < -0.39 is 0 Å². The predicted octanol–water partition coefficient (Wildman–Crippen LogP) is 3.22. The molecular formula is C14H19ClN2O. The molecule has 1 aromatic heterocycles. The monoisotopic (exact) mass is 266 g/mol. The number of nitrogens with one attached hydrogen (secondary N) is 1. The van der Waals surface area contributed by atoms with Crippen LogP contribution in [0.25, 0.3) is 0 Å². The van der Waals surface area contributed by atoms with E-state index in [1.165, 1.54) is 12.8 Å². The zero-order valence-corrected chi connectivity index (χ0v) is 11.8. The maximum absolute atomic E-state index is 12.2. The standard InChI is InChI=1S/C14H19ClN2O/c1-4-11-7-9(8-12(15)16-11)13(18)17-14(2,3)10-5-6-10/h7-8,10H,4-6H2,1-3H3,(H,17,18). The van der Waals surface area contributed by atoms with Gasteiger partial charge in [-0.2, -0.15) is 0 Å². The number of aromatic nitrogens is 1. The minimum Gasteiger partial charge on any atom is -0.347 e. The zero-order chi connectivity index (χ0) is 13.3. The number of hydrogen-bond acceptors (Lipinski definition) is 2. The van der Waals surface area contributed by atoms with Gasteiger partial charge in [0.05, 0.1) is 0 Å². The quantitative estimate of drug-likeness (QED) is 0.851. The third kappa shape index (κ3) is 3.02. The van der Waals surface area contributed by atoms with E-state index in [1.807, 2.05) is 13.0 Å². The van der Waals surface area contributed by atoms with E-state index in [2.05, 4.69) is 24.1 Å². The Morgan fingerprint density at radius 3 is 2.72 bits per heavy atom. The lowest BCUT2D eigenvalue weighted by atomic mass is 9.98. The number of rotatable bonds is 4. The molecule has 0 aliphatic heterocycles. The molecule has 1 N–H and O–H groups in total. The summed E-state index contributed by atoms with van der Waals surface area (Å²) < 4.78 is 0. The van der Waals surface area contributed by atoms with Crippen molar-refractivity contribution in [3.63, 3.8) is 0 Å². The van der Waals surface area contributed by atoms with Gasteiger partial charge in [-0.25, -0.2) is 4.98 Å². The number of halogens is 1. The van der Waals surface area contributed by atoms with Crippen molar-refractivity contribution in [3.8, 4) is 0 Å². The van der Waals surface area contributed by atoms with Crippen molar-refractivity contribution >= 4 is 17.5 Å². The largest absolute Gasteiger partial charge is 0.347 e. The normalized spacial score (nSPS) is 15.6.